The number of rotatable bonds is 9. The highest BCUT2D eigenvalue weighted by molar-refractivity contribution is 6.33. The number of carbonyl (C=O) groups is 1. The minimum absolute atomic E-state index is 0.0499. The van der Waals surface area contributed by atoms with Gasteiger partial charge in [0.15, 0.2) is 17.4 Å². The van der Waals surface area contributed by atoms with Gasteiger partial charge in [0.05, 0.1) is 11.2 Å². The number of hydrazone groups is 1. The number of carbonyl (C=O) groups excluding carboxylic acids is 1. The lowest BCUT2D eigenvalue weighted by atomic mass is 10.2. The molecular weight excluding hydrogens is 518 g/mol. The Bertz CT molecular complexity index is 1460. The number of nitrogens with one attached hydrogen (secondary N) is 2. The molecule has 0 aliphatic rings. The van der Waals surface area contributed by atoms with Gasteiger partial charge in [-0.2, -0.15) is 5.10 Å². The number of ether oxygens (including phenoxy) is 1. The zero-order valence-electron chi connectivity index (χ0n) is 20.4. The van der Waals surface area contributed by atoms with Gasteiger partial charge in [0.1, 0.15) is 23.6 Å². The Labute approximate surface area is 221 Å². The molecule has 0 spiro atoms. The molecule has 2 aromatic heterocycles. The van der Waals surface area contributed by atoms with E-state index in [-0.39, 0.29) is 16.5 Å². The van der Waals surface area contributed by atoms with E-state index in [0.717, 1.165) is 18.7 Å². The second-order valence-corrected chi connectivity index (χ2v) is 8.67. The maximum absolute atomic E-state index is 14.7. The number of urea groups is 1. The molecule has 0 unspecified atom stereocenters. The van der Waals surface area contributed by atoms with Gasteiger partial charge in [0.2, 0.25) is 0 Å². The van der Waals surface area contributed by atoms with Gasteiger partial charge in [0, 0.05) is 42.7 Å². The van der Waals surface area contributed by atoms with Crippen molar-refractivity contribution >= 4 is 29.5 Å². The number of anilines is 1. The van der Waals surface area contributed by atoms with Crippen molar-refractivity contribution in [3.8, 4) is 23.0 Å². The Morgan fingerprint density at radius 1 is 1.18 bits per heavy atom. The average Bonchev–Trinajstić information content (AvgIpc) is 3.35. The van der Waals surface area contributed by atoms with Crippen LogP contribution in [0.4, 0.5) is 19.3 Å². The molecule has 0 saturated carbocycles. The summed E-state index contributed by atoms with van der Waals surface area (Å²) in [4.78, 5) is 18.5. The number of hydrogen-bond acceptors (Lipinski definition) is 7. The molecule has 2 amide bonds. The summed E-state index contributed by atoms with van der Waals surface area (Å²) in [6.45, 7) is 1.46. The second kappa shape index (κ2) is 12.2. The number of benzene rings is 2. The lowest BCUT2D eigenvalue weighted by Gasteiger charge is -2.12. The highest BCUT2D eigenvalue weighted by atomic mass is 35.5. The van der Waals surface area contributed by atoms with Crippen LogP contribution in [0, 0.1) is 11.6 Å². The van der Waals surface area contributed by atoms with Crippen molar-refractivity contribution in [2.45, 2.75) is 6.54 Å². The second-order valence-electron chi connectivity index (χ2n) is 8.27. The fourth-order valence-corrected chi connectivity index (χ4v) is 3.45. The third-order valence-electron chi connectivity index (χ3n) is 5.11. The van der Waals surface area contributed by atoms with Crippen LogP contribution in [0.15, 0.2) is 66.2 Å². The Morgan fingerprint density at radius 3 is 2.79 bits per heavy atom. The topological polar surface area (TPSA) is 110 Å². The first-order valence-corrected chi connectivity index (χ1v) is 11.7. The van der Waals surface area contributed by atoms with Crippen molar-refractivity contribution in [3.63, 3.8) is 0 Å². The number of aromatic nitrogens is 4. The molecule has 0 aliphatic carbocycles. The van der Waals surface area contributed by atoms with Crippen LogP contribution < -0.4 is 15.5 Å². The molecule has 0 bridgehead atoms. The number of amides is 2. The Kier molecular flexibility index (Phi) is 8.56. The summed E-state index contributed by atoms with van der Waals surface area (Å²) in [5.74, 6) is -0.323. The predicted molar refractivity (Wildman–Crippen MR) is 139 cm³/mol. The molecular formula is C25H23ClF2N8O2. The molecule has 13 heteroatoms. The summed E-state index contributed by atoms with van der Waals surface area (Å²) in [7, 11) is 3.94. The minimum atomic E-state index is -0.718. The van der Waals surface area contributed by atoms with E-state index in [1.807, 2.05) is 23.6 Å². The fourth-order valence-electron chi connectivity index (χ4n) is 3.24. The van der Waals surface area contributed by atoms with E-state index >= 15 is 0 Å². The molecule has 10 nitrogen and oxygen atoms in total. The largest absolute Gasteiger partial charge is 0.454 e. The third kappa shape index (κ3) is 7.08. The van der Waals surface area contributed by atoms with Crippen molar-refractivity contribution in [2.24, 2.45) is 5.10 Å². The Balaban J connectivity index is 1.38. The lowest BCUT2D eigenvalue weighted by Crippen LogP contribution is -2.24. The number of pyridine rings is 1. The van der Waals surface area contributed by atoms with Gasteiger partial charge in [-0.3, -0.25) is 4.98 Å². The SMILES string of the molecule is CN(C)CCn1cnnc1-c1cc(Oc2ccc(NC(=O)N/N=C/c3ccc(F)cc3Cl)cc2F)ccn1. The summed E-state index contributed by atoms with van der Waals surface area (Å²) < 4.78 is 35.4. The van der Waals surface area contributed by atoms with E-state index in [1.165, 1.54) is 36.7 Å². The summed E-state index contributed by atoms with van der Waals surface area (Å²) in [6.07, 6.45) is 4.42. The first-order valence-electron chi connectivity index (χ1n) is 11.3. The minimum Gasteiger partial charge on any atom is -0.454 e. The van der Waals surface area contributed by atoms with Crippen LogP contribution in [-0.4, -0.2) is 57.5 Å². The molecule has 0 radical (unpaired) electrons. The van der Waals surface area contributed by atoms with Gasteiger partial charge in [-0.25, -0.2) is 19.0 Å². The van der Waals surface area contributed by atoms with Gasteiger partial charge in [-0.1, -0.05) is 11.6 Å². The summed E-state index contributed by atoms with van der Waals surface area (Å²) in [6, 6.07) is 10.2. The standard InChI is InChI=1S/C25H23ClF2N8O2/c1-35(2)9-10-36-15-31-33-24(36)22-13-19(7-8-29-22)38-23-6-5-18(12-21(23)28)32-25(37)34-30-14-16-3-4-17(27)11-20(16)26/h3-8,11-15H,9-10H2,1-2H3,(H2,32,34,37)/b30-14+. The predicted octanol–water partition coefficient (Wildman–Crippen LogP) is 4.78. The molecule has 2 heterocycles. The van der Waals surface area contributed by atoms with Crippen LogP contribution >= 0.6 is 11.6 Å². The summed E-state index contributed by atoms with van der Waals surface area (Å²) in [5.41, 5.74) is 3.33. The maximum atomic E-state index is 14.7. The zero-order valence-corrected chi connectivity index (χ0v) is 21.2. The molecule has 0 saturated heterocycles. The Morgan fingerprint density at radius 2 is 2.03 bits per heavy atom. The summed E-state index contributed by atoms with van der Waals surface area (Å²) in [5, 5.41) is 14.4. The van der Waals surface area contributed by atoms with Gasteiger partial charge >= 0.3 is 6.03 Å². The number of nitrogens with zero attached hydrogens (tertiary/aromatic N) is 6. The van der Waals surface area contributed by atoms with E-state index in [2.05, 4.69) is 31.0 Å². The van der Waals surface area contributed by atoms with E-state index in [9.17, 15) is 13.6 Å². The molecule has 4 aromatic rings. The van der Waals surface area contributed by atoms with Crippen LogP contribution in [0.5, 0.6) is 11.5 Å². The van der Waals surface area contributed by atoms with Gasteiger partial charge in [0.25, 0.3) is 0 Å². The highest BCUT2D eigenvalue weighted by Gasteiger charge is 2.13. The van der Waals surface area contributed by atoms with Crippen LogP contribution in [-0.2, 0) is 6.54 Å². The Hall–Kier alpha value is -4.42. The highest BCUT2D eigenvalue weighted by Crippen LogP contribution is 2.28. The van der Waals surface area contributed by atoms with E-state index in [0.29, 0.717) is 29.4 Å². The molecule has 0 fully saturated rings. The van der Waals surface area contributed by atoms with Crippen molar-refractivity contribution in [2.75, 3.05) is 26.0 Å². The average molecular weight is 541 g/mol. The smallest absolute Gasteiger partial charge is 0.339 e. The first kappa shape index (κ1) is 26.6. The third-order valence-corrected chi connectivity index (χ3v) is 5.44. The van der Waals surface area contributed by atoms with E-state index < -0.39 is 17.7 Å². The maximum Gasteiger partial charge on any atom is 0.339 e. The van der Waals surface area contributed by atoms with Crippen molar-refractivity contribution in [3.05, 3.63) is 83.3 Å². The van der Waals surface area contributed by atoms with Crippen LogP contribution in [0.3, 0.4) is 0 Å². The molecule has 0 aliphatic heterocycles. The molecule has 0 atom stereocenters. The first-order chi connectivity index (χ1) is 18.3. The quantitative estimate of drug-likeness (QED) is 0.233. The van der Waals surface area contributed by atoms with Crippen LogP contribution in [0.25, 0.3) is 11.5 Å². The van der Waals surface area contributed by atoms with E-state index in [4.69, 9.17) is 16.3 Å². The lowest BCUT2D eigenvalue weighted by molar-refractivity contribution is 0.252. The van der Waals surface area contributed by atoms with Crippen molar-refractivity contribution in [1.82, 2.24) is 30.1 Å². The number of likely N-dealkylation sites (N-methyl/N-ethyl adjacent to an activating group) is 1. The molecule has 4 rings (SSSR count). The molecule has 38 heavy (non-hydrogen) atoms. The van der Waals surface area contributed by atoms with Crippen molar-refractivity contribution in [1.29, 1.82) is 0 Å². The molecule has 2 N–H and O–H groups in total. The number of halogens is 3. The normalized spacial score (nSPS) is 11.2. The molecule has 196 valence electrons. The summed E-state index contributed by atoms with van der Waals surface area (Å²) >= 11 is 5.90. The number of hydrogen-bond donors (Lipinski definition) is 2. The van der Waals surface area contributed by atoms with Crippen LogP contribution in [0.1, 0.15) is 5.56 Å². The zero-order chi connectivity index (χ0) is 27.1. The molecule has 2 aromatic carbocycles. The fraction of sp³-hybridized carbons (Fsp3) is 0.160. The van der Waals surface area contributed by atoms with Gasteiger partial charge in [-0.05, 0) is 50.5 Å². The van der Waals surface area contributed by atoms with Gasteiger partial charge < -0.3 is 19.5 Å². The van der Waals surface area contributed by atoms with Crippen LogP contribution in [0.2, 0.25) is 5.02 Å². The monoisotopic (exact) mass is 540 g/mol. The van der Waals surface area contributed by atoms with Gasteiger partial charge in [-0.15, -0.1) is 10.2 Å². The van der Waals surface area contributed by atoms with E-state index in [1.54, 1.807) is 18.5 Å². The van der Waals surface area contributed by atoms with Crippen molar-refractivity contribution < 1.29 is 18.3 Å².